The zero-order chi connectivity index (χ0) is 15.2. The van der Waals surface area contributed by atoms with Crippen molar-refractivity contribution in [2.24, 2.45) is 0 Å². The molecule has 1 saturated carbocycles. The van der Waals surface area contributed by atoms with Crippen molar-refractivity contribution in [3.8, 4) is 0 Å². The van der Waals surface area contributed by atoms with Crippen molar-refractivity contribution >= 4 is 11.8 Å². The molecule has 2 aliphatic rings. The molecule has 0 spiro atoms. The van der Waals surface area contributed by atoms with Gasteiger partial charge in [-0.15, -0.1) is 0 Å². The standard InChI is InChI=1S/C19H17NO2/c21-17-12-19(18(22)20-17,15-6-2-1-3-7-15)16-8-4-5-14(11-16)13-9-10-13/h1-8,11,13H,9-10,12H2,(H,20,21,22). The molecule has 22 heavy (non-hydrogen) atoms. The monoisotopic (exact) mass is 291 g/mol. The van der Waals surface area contributed by atoms with E-state index in [9.17, 15) is 9.59 Å². The van der Waals surface area contributed by atoms with Crippen LogP contribution in [0.25, 0.3) is 0 Å². The van der Waals surface area contributed by atoms with Gasteiger partial charge in [-0.1, -0.05) is 54.6 Å². The summed E-state index contributed by atoms with van der Waals surface area (Å²) >= 11 is 0. The van der Waals surface area contributed by atoms with Crippen molar-refractivity contribution in [2.45, 2.75) is 30.6 Å². The predicted octanol–water partition coefficient (Wildman–Crippen LogP) is 2.90. The molecule has 2 aromatic rings. The highest BCUT2D eigenvalue weighted by Crippen LogP contribution is 2.44. The van der Waals surface area contributed by atoms with Gasteiger partial charge >= 0.3 is 0 Å². The van der Waals surface area contributed by atoms with Gasteiger partial charge in [-0.3, -0.25) is 14.9 Å². The number of imide groups is 1. The summed E-state index contributed by atoms with van der Waals surface area (Å²) < 4.78 is 0. The van der Waals surface area contributed by atoms with Crippen LogP contribution in [0.5, 0.6) is 0 Å². The largest absolute Gasteiger partial charge is 0.295 e. The maximum Gasteiger partial charge on any atom is 0.242 e. The summed E-state index contributed by atoms with van der Waals surface area (Å²) in [5, 5.41) is 2.49. The second-order valence-electron chi connectivity index (χ2n) is 6.23. The van der Waals surface area contributed by atoms with Gasteiger partial charge in [0.05, 0.1) is 0 Å². The molecule has 1 unspecified atom stereocenters. The zero-order valence-electron chi connectivity index (χ0n) is 12.2. The smallest absolute Gasteiger partial charge is 0.242 e. The summed E-state index contributed by atoms with van der Waals surface area (Å²) in [5.41, 5.74) is 2.20. The lowest BCUT2D eigenvalue weighted by Gasteiger charge is -2.27. The SMILES string of the molecule is O=C1CC(c2ccccc2)(c2cccc(C3CC3)c2)C(=O)N1. The van der Waals surface area contributed by atoms with Crippen molar-refractivity contribution in [2.75, 3.05) is 0 Å². The summed E-state index contributed by atoms with van der Waals surface area (Å²) in [6.07, 6.45) is 2.61. The van der Waals surface area contributed by atoms with Crippen molar-refractivity contribution in [3.05, 3.63) is 71.3 Å². The molecule has 1 aliphatic heterocycles. The lowest BCUT2D eigenvalue weighted by molar-refractivity contribution is -0.125. The minimum atomic E-state index is -0.886. The summed E-state index contributed by atoms with van der Waals surface area (Å²) in [6, 6.07) is 17.8. The quantitative estimate of drug-likeness (QED) is 0.884. The van der Waals surface area contributed by atoms with E-state index >= 15 is 0 Å². The van der Waals surface area contributed by atoms with Gasteiger partial charge in [0.15, 0.2) is 0 Å². The summed E-state index contributed by atoms with van der Waals surface area (Å²) in [7, 11) is 0. The minimum absolute atomic E-state index is 0.184. The number of carbonyl (C=O) groups is 2. The molecule has 2 aromatic carbocycles. The highest BCUT2D eigenvalue weighted by atomic mass is 16.2. The fraction of sp³-hybridized carbons (Fsp3) is 0.263. The van der Waals surface area contributed by atoms with E-state index < -0.39 is 5.41 Å². The maximum atomic E-state index is 12.7. The molecule has 1 aliphatic carbocycles. The van der Waals surface area contributed by atoms with E-state index in [2.05, 4.69) is 17.4 Å². The Morgan fingerprint density at radius 3 is 2.27 bits per heavy atom. The lowest BCUT2D eigenvalue weighted by atomic mass is 9.72. The van der Waals surface area contributed by atoms with Gasteiger partial charge < -0.3 is 0 Å². The van der Waals surface area contributed by atoms with Gasteiger partial charge in [0.25, 0.3) is 0 Å². The molecular formula is C19H17NO2. The second kappa shape index (κ2) is 4.80. The third kappa shape index (κ3) is 1.97. The second-order valence-corrected chi connectivity index (χ2v) is 6.23. The van der Waals surface area contributed by atoms with Crippen molar-refractivity contribution in [3.63, 3.8) is 0 Å². The Bertz CT molecular complexity index is 749. The summed E-state index contributed by atoms with van der Waals surface area (Å²) in [4.78, 5) is 24.6. The molecule has 1 saturated heterocycles. The normalized spacial score (nSPS) is 24.4. The maximum absolute atomic E-state index is 12.7. The van der Waals surface area contributed by atoms with E-state index in [-0.39, 0.29) is 18.2 Å². The molecule has 0 bridgehead atoms. The molecule has 3 heteroatoms. The van der Waals surface area contributed by atoms with Crippen LogP contribution in [0.2, 0.25) is 0 Å². The lowest BCUT2D eigenvalue weighted by Crippen LogP contribution is -2.36. The van der Waals surface area contributed by atoms with E-state index in [1.165, 1.54) is 18.4 Å². The topological polar surface area (TPSA) is 46.2 Å². The van der Waals surface area contributed by atoms with Crippen LogP contribution >= 0.6 is 0 Å². The minimum Gasteiger partial charge on any atom is -0.295 e. The van der Waals surface area contributed by atoms with Crippen molar-refractivity contribution < 1.29 is 9.59 Å². The van der Waals surface area contributed by atoms with Crippen LogP contribution in [0.15, 0.2) is 54.6 Å². The number of hydrogen-bond acceptors (Lipinski definition) is 2. The predicted molar refractivity (Wildman–Crippen MR) is 83.4 cm³/mol. The number of benzene rings is 2. The number of amides is 2. The molecular weight excluding hydrogens is 274 g/mol. The van der Waals surface area contributed by atoms with E-state index in [0.29, 0.717) is 5.92 Å². The van der Waals surface area contributed by atoms with Crippen molar-refractivity contribution in [1.82, 2.24) is 5.32 Å². The Morgan fingerprint density at radius 1 is 0.909 bits per heavy atom. The number of rotatable bonds is 3. The molecule has 2 amide bonds. The van der Waals surface area contributed by atoms with Crippen LogP contribution in [0.1, 0.15) is 41.9 Å². The molecule has 0 aromatic heterocycles. The zero-order valence-corrected chi connectivity index (χ0v) is 12.2. The molecule has 110 valence electrons. The molecule has 0 radical (unpaired) electrons. The first kappa shape index (κ1) is 13.3. The first-order valence-corrected chi connectivity index (χ1v) is 7.70. The van der Waals surface area contributed by atoms with Gasteiger partial charge in [-0.2, -0.15) is 0 Å². The van der Waals surface area contributed by atoms with Crippen LogP contribution < -0.4 is 5.32 Å². The molecule has 4 rings (SSSR count). The van der Waals surface area contributed by atoms with Crippen LogP contribution in [0.3, 0.4) is 0 Å². The van der Waals surface area contributed by atoms with Gasteiger partial charge in [0.1, 0.15) is 5.41 Å². The van der Waals surface area contributed by atoms with Crippen molar-refractivity contribution in [1.29, 1.82) is 0 Å². The summed E-state index contributed by atoms with van der Waals surface area (Å²) in [6.45, 7) is 0. The highest BCUT2D eigenvalue weighted by molar-refractivity contribution is 6.11. The highest BCUT2D eigenvalue weighted by Gasteiger charge is 2.49. The van der Waals surface area contributed by atoms with Gasteiger partial charge in [0.2, 0.25) is 11.8 Å². The third-order valence-electron chi connectivity index (χ3n) is 4.76. The fourth-order valence-electron chi connectivity index (χ4n) is 3.43. The molecule has 1 atom stereocenters. The molecule has 2 fully saturated rings. The molecule has 1 heterocycles. The van der Waals surface area contributed by atoms with Crippen LogP contribution in [-0.4, -0.2) is 11.8 Å². The number of hydrogen-bond donors (Lipinski definition) is 1. The van der Waals surface area contributed by atoms with Crippen LogP contribution in [0.4, 0.5) is 0 Å². The Hall–Kier alpha value is -2.42. The van der Waals surface area contributed by atoms with Crippen LogP contribution in [0, 0.1) is 0 Å². The van der Waals surface area contributed by atoms with Crippen LogP contribution in [-0.2, 0) is 15.0 Å². The number of carbonyl (C=O) groups excluding carboxylic acids is 2. The van der Waals surface area contributed by atoms with Gasteiger partial charge in [0, 0.05) is 6.42 Å². The average Bonchev–Trinajstić information content (AvgIpc) is 3.34. The number of nitrogens with one attached hydrogen (secondary N) is 1. The van der Waals surface area contributed by atoms with Gasteiger partial charge in [-0.25, -0.2) is 0 Å². The molecule has 3 nitrogen and oxygen atoms in total. The summed E-state index contributed by atoms with van der Waals surface area (Å²) in [5.74, 6) is 0.204. The van der Waals surface area contributed by atoms with E-state index in [1.807, 2.05) is 42.5 Å². The first-order chi connectivity index (χ1) is 10.7. The Morgan fingerprint density at radius 2 is 1.64 bits per heavy atom. The Kier molecular flexibility index (Phi) is 2.89. The Balaban J connectivity index is 1.90. The van der Waals surface area contributed by atoms with E-state index in [1.54, 1.807) is 0 Å². The molecule has 1 N–H and O–H groups in total. The average molecular weight is 291 g/mol. The van der Waals surface area contributed by atoms with Gasteiger partial charge in [-0.05, 0) is 35.4 Å². The third-order valence-corrected chi connectivity index (χ3v) is 4.76. The Labute approximate surface area is 129 Å². The fourth-order valence-corrected chi connectivity index (χ4v) is 3.43. The first-order valence-electron chi connectivity index (χ1n) is 7.70. The van der Waals surface area contributed by atoms with E-state index in [0.717, 1.165) is 11.1 Å². The van der Waals surface area contributed by atoms with E-state index in [4.69, 9.17) is 0 Å².